The topological polar surface area (TPSA) is 69.7 Å². The number of fused-ring (bicyclic) bond motifs is 2. The molecule has 2 heterocycles. The fourth-order valence-corrected chi connectivity index (χ4v) is 3.28. The van der Waals surface area contributed by atoms with Gasteiger partial charge in [-0.05, 0) is 48.9 Å². The Hall–Kier alpha value is -2.99. The second-order valence-electron chi connectivity index (χ2n) is 6.43. The SMILES string of the molecule is C[C@@H](NC(=O)COc1ccc(Cl)c2cccnc12)c1ccc2c(c1)OCCO2. The molecule has 2 aromatic carbocycles. The van der Waals surface area contributed by atoms with Crippen LogP contribution in [0.1, 0.15) is 18.5 Å². The maximum Gasteiger partial charge on any atom is 0.258 e. The Bertz CT molecular complexity index is 1020. The maximum absolute atomic E-state index is 12.4. The molecule has 0 aliphatic carbocycles. The summed E-state index contributed by atoms with van der Waals surface area (Å²) in [6, 6.07) is 12.6. The van der Waals surface area contributed by atoms with E-state index in [1.165, 1.54) is 0 Å². The second kappa shape index (κ2) is 7.94. The molecule has 0 bridgehead atoms. The van der Waals surface area contributed by atoms with E-state index in [0.29, 0.717) is 35.3 Å². The number of carbonyl (C=O) groups excluding carboxylic acids is 1. The number of benzene rings is 2. The van der Waals surface area contributed by atoms with Crippen molar-refractivity contribution in [3.63, 3.8) is 0 Å². The number of rotatable bonds is 5. The number of carbonyl (C=O) groups is 1. The van der Waals surface area contributed by atoms with Crippen LogP contribution in [0, 0.1) is 0 Å². The molecule has 1 atom stereocenters. The normalized spacial score (nSPS) is 13.8. The van der Waals surface area contributed by atoms with Gasteiger partial charge >= 0.3 is 0 Å². The first-order valence-electron chi connectivity index (χ1n) is 8.97. The Labute approximate surface area is 167 Å². The fraction of sp³-hybridized carbons (Fsp3) is 0.238. The van der Waals surface area contributed by atoms with Crippen LogP contribution in [-0.4, -0.2) is 30.7 Å². The van der Waals surface area contributed by atoms with Gasteiger partial charge in [0.2, 0.25) is 0 Å². The standard InChI is InChI=1S/C21H19ClN2O4/c1-13(14-4-6-17-19(11-14)27-10-9-26-17)24-20(25)12-28-18-7-5-16(22)15-3-2-8-23-21(15)18/h2-8,11,13H,9-10,12H2,1H3,(H,24,25)/t13-/m1/s1. The predicted octanol–water partition coefficient (Wildman–Crippen LogP) is 3.92. The molecular formula is C21H19ClN2O4. The number of pyridine rings is 1. The summed E-state index contributed by atoms with van der Waals surface area (Å²) in [6.07, 6.45) is 1.66. The number of hydrogen-bond acceptors (Lipinski definition) is 5. The Kier molecular flexibility index (Phi) is 5.21. The molecule has 3 aromatic rings. The molecule has 1 N–H and O–H groups in total. The highest BCUT2D eigenvalue weighted by molar-refractivity contribution is 6.35. The van der Waals surface area contributed by atoms with Crippen LogP contribution in [0.2, 0.25) is 5.02 Å². The third-order valence-corrected chi connectivity index (χ3v) is 4.81. The van der Waals surface area contributed by atoms with Crippen molar-refractivity contribution < 1.29 is 19.0 Å². The summed E-state index contributed by atoms with van der Waals surface area (Å²) in [6.45, 7) is 2.85. The van der Waals surface area contributed by atoms with Gasteiger partial charge < -0.3 is 19.5 Å². The molecule has 0 radical (unpaired) electrons. The maximum atomic E-state index is 12.4. The van der Waals surface area contributed by atoms with Gasteiger partial charge in [-0.15, -0.1) is 0 Å². The number of aromatic nitrogens is 1. The highest BCUT2D eigenvalue weighted by Crippen LogP contribution is 2.33. The largest absolute Gasteiger partial charge is 0.486 e. The van der Waals surface area contributed by atoms with Crippen LogP contribution in [0.3, 0.4) is 0 Å². The van der Waals surface area contributed by atoms with Gasteiger partial charge in [-0.2, -0.15) is 0 Å². The van der Waals surface area contributed by atoms with E-state index in [1.807, 2.05) is 31.2 Å². The van der Waals surface area contributed by atoms with Crippen molar-refractivity contribution in [2.45, 2.75) is 13.0 Å². The van der Waals surface area contributed by atoms with Gasteiger partial charge in [-0.3, -0.25) is 9.78 Å². The molecule has 0 spiro atoms. The number of nitrogens with one attached hydrogen (secondary N) is 1. The monoisotopic (exact) mass is 398 g/mol. The Balaban J connectivity index is 1.40. The van der Waals surface area contributed by atoms with Crippen molar-refractivity contribution in [3.8, 4) is 17.2 Å². The first-order chi connectivity index (χ1) is 13.6. The van der Waals surface area contributed by atoms with Gasteiger partial charge in [0, 0.05) is 11.6 Å². The lowest BCUT2D eigenvalue weighted by Gasteiger charge is -2.21. The van der Waals surface area contributed by atoms with E-state index in [1.54, 1.807) is 24.4 Å². The average Bonchev–Trinajstić information content (AvgIpc) is 2.73. The molecule has 144 valence electrons. The molecule has 1 aliphatic heterocycles. The van der Waals surface area contributed by atoms with Gasteiger partial charge in [0.05, 0.1) is 11.1 Å². The predicted molar refractivity (Wildman–Crippen MR) is 106 cm³/mol. The molecule has 7 heteroatoms. The molecule has 1 amide bonds. The molecular weight excluding hydrogens is 380 g/mol. The zero-order valence-electron chi connectivity index (χ0n) is 15.3. The molecule has 6 nitrogen and oxygen atoms in total. The van der Waals surface area contributed by atoms with Crippen molar-refractivity contribution in [2.75, 3.05) is 19.8 Å². The third-order valence-electron chi connectivity index (χ3n) is 4.48. The molecule has 1 aromatic heterocycles. The molecule has 1 aliphatic rings. The quantitative estimate of drug-likeness (QED) is 0.705. The van der Waals surface area contributed by atoms with Crippen LogP contribution >= 0.6 is 11.6 Å². The zero-order valence-corrected chi connectivity index (χ0v) is 16.0. The van der Waals surface area contributed by atoms with E-state index < -0.39 is 0 Å². The summed E-state index contributed by atoms with van der Waals surface area (Å²) in [5.41, 5.74) is 1.55. The highest BCUT2D eigenvalue weighted by atomic mass is 35.5. The smallest absolute Gasteiger partial charge is 0.258 e. The van der Waals surface area contributed by atoms with Crippen molar-refractivity contribution in [2.24, 2.45) is 0 Å². The molecule has 4 rings (SSSR count). The highest BCUT2D eigenvalue weighted by Gasteiger charge is 2.16. The summed E-state index contributed by atoms with van der Waals surface area (Å²) in [7, 11) is 0. The average molecular weight is 399 g/mol. The van der Waals surface area contributed by atoms with Crippen LogP contribution < -0.4 is 19.5 Å². The third kappa shape index (κ3) is 3.82. The van der Waals surface area contributed by atoms with Crippen LogP contribution in [0.15, 0.2) is 48.7 Å². The number of amides is 1. The van der Waals surface area contributed by atoms with Crippen molar-refractivity contribution in [1.82, 2.24) is 10.3 Å². The first-order valence-corrected chi connectivity index (χ1v) is 9.34. The van der Waals surface area contributed by atoms with Gasteiger partial charge in [0.1, 0.15) is 24.5 Å². The van der Waals surface area contributed by atoms with E-state index in [2.05, 4.69) is 10.3 Å². The molecule has 0 saturated heterocycles. The molecule has 28 heavy (non-hydrogen) atoms. The van der Waals surface area contributed by atoms with E-state index >= 15 is 0 Å². The minimum Gasteiger partial charge on any atom is -0.486 e. The van der Waals surface area contributed by atoms with Gasteiger partial charge in [-0.1, -0.05) is 17.7 Å². The summed E-state index contributed by atoms with van der Waals surface area (Å²) >= 11 is 6.18. The number of nitrogens with zero attached hydrogens (tertiary/aromatic N) is 1. The Morgan fingerprint density at radius 3 is 2.89 bits per heavy atom. The van der Waals surface area contributed by atoms with Gasteiger partial charge in [0.15, 0.2) is 18.1 Å². The Morgan fingerprint density at radius 2 is 2.04 bits per heavy atom. The molecule has 0 unspecified atom stereocenters. The van der Waals surface area contributed by atoms with Gasteiger partial charge in [-0.25, -0.2) is 0 Å². The van der Waals surface area contributed by atoms with Crippen molar-refractivity contribution in [1.29, 1.82) is 0 Å². The lowest BCUT2D eigenvalue weighted by atomic mass is 10.1. The zero-order chi connectivity index (χ0) is 19.5. The van der Waals surface area contributed by atoms with E-state index in [9.17, 15) is 4.79 Å². The van der Waals surface area contributed by atoms with Crippen molar-refractivity contribution in [3.05, 3.63) is 59.2 Å². The van der Waals surface area contributed by atoms with Crippen LogP contribution in [0.25, 0.3) is 10.9 Å². The number of halogens is 1. The Morgan fingerprint density at radius 1 is 1.21 bits per heavy atom. The number of ether oxygens (including phenoxy) is 3. The fourth-order valence-electron chi connectivity index (χ4n) is 3.07. The first kappa shape index (κ1) is 18.4. The van der Waals surface area contributed by atoms with Crippen LogP contribution in [0.4, 0.5) is 0 Å². The molecule has 0 fully saturated rings. The number of hydrogen-bond donors (Lipinski definition) is 1. The van der Waals surface area contributed by atoms with Crippen LogP contribution in [0.5, 0.6) is 17.2 Å². The van der Waals surface area contributed by atoms with Gasteiger partial charge in [0.25, 0.3) is 5.91 Å². The lowest BCUT2D eigenvalue weighted by Crippen LogP contribution is -2.31. The van der Waals surface area contributed by atoms with E-state index in [-0.39, 0.29) is 18.6 Å². The minimum atomic E-state index is -0.235. The van der Waals surface area contributed by atoms with E-state index in [0.717, 1.165) is 16.7 Å². The molecule has 0 saturated carbocycles. The van der Waals surface area contributed by atoms with Crippen molar-refractivity contribution >= 4 is 28.4 Å². The van der Waals surface area contributed by atoms with Crippen LogP contribution in [-0.2, 0) is 4.79 Å². The summed E-state index contributed by atoms with van der Waals surface area (Å²) in [4.78, 5) is 16.7. The second-order valence-corrected chi connectivity index (χ2v) is 6.83. The minimum absolute atomic E-state index is 0.123. The summed E-state index contributed by atoms with van der Waals surface area (Å²) in [5, 5.41) is 4.30. The lowest BCUT2D eigenvalue weighted by molar-refractivity contribution is -0.123. The summed E-state index contributed by atoms with van der Waals surface area (Å²) in [5.74, 6) is 1.70. The van der Waals surface area contributed by atoms with E-state index in [4.69, 9.17) is 25.8 Å². The summed E-state index contributed by atoms with van der Waals surface area (Å²) < 4.78 is 16.8.